The van der Waals surface area contributed by atoms with Crippen molar-refractivity contribution in [1.82, 2.24) is 5.32 Å². The molecule has 1 heterocycles. The highest BCUT2D eigenvalue weighted by Gasteiger charge is 2.30. The summed E-state index contributed by atoms with van der Waals surface area (Å²) >= 11 is 0. The zero-order valence-corrected chi connectivity index (χ0v) is 15.0. The maximum Gasteiger partial charge on any atom is 0.189 e. The topological polar surface area (TPSA) is 50.4 Å². The van der Waals surface area contributed by atoms with E-state index >= 15 is 0 Å². The van der Waals surface area contributed by atoms with Gasteiger partial charge in [0.2, 0.25) is 0 Å². The fourth-order valence-electron chi connectivity index (χ4n) is 3.20. The second-order valence-electron chi connectivity index (χ2n) is 7.22. The summed E-state index contributed by atoms with van der Waals surface area (Å²) in [4.78, 5) is 4.63. The molecular formula is C21H27N3. The summed E-state index contributed by atoms with van der Waals surface area (Å²) in [5.74, 6) is 1.59. The van der Waals surface area contributed by atoms with Gasteiger partial charge in [-0.2, -0.15) is 0 Å². The van der Waals surface area contributed by atoms with Gasteiger partial charge in [0.1, 0.15) is 6.04 Å². The van der Waals surface area contributed by atoms with Gasteiger partial charge in [-0.25, -0.2) is 4.99 Å². The van der Waals surface area contributed by atoms with Crippen LogP contribution in [0.5, 0.6) is 0 Å². The smallest absolute Gasteiger partial charge is 0.189 e. The molecule has 2 atom stereocenters. The van der Waals surface area contributed by atoms with Crippen molar-refractivity contribution in [3.8, 4) is 0 Å². The van der Waals surface area contributed by atoms with Crippen molar-refractivity contribution in [2.45, 2.75) is 51.6 Å². The molecule has 0 unspecified atom stereocenters. The molecule has 2 aromatic carbocycles. The molecule has 3 nitrogen and oxygen atoms in total. The number of benzene rings is 2. The fraction of sp³-hybridized carbons (Fsp3) is 0.381. The third-order valence-electron chi connectivity index (χ3n) is 4.80. The molecule has 24 heavy (non-hydrogen) atoms. The summed E-state index contributed by atoms with van der Waals surface area (Å²) in [6, 6.07) is 17.7. The van der Waals surface area contributed by atoms with E-state index in [0.29, 0.717) is 17.8 Å². The van der Waals surface area contributed by atoms with Gasteiger partial charge in [0, 0.05) is 0 Å². The molecule has 0 fully saturated rings. The summed E-state index contributed by atoms with van der Waals surface area (Å²) in [7, 11) is 0. The Morgan fingerprint density at radius 3 is 1.71 bits per heavy atom. The molecule has 3 N–H and O–H groups in total. The lowest BCUT2D eigenvalue weighted by atomic mass is 9.91. The van der Waals surface area contributed by atoms with E-state index in [9.17, 15) is 0 Å². The van der Waals surface area contributed by atoms with Crippen molar-refractivity contribution in [2.24, 2.45) is 10.7 Å². The van der Waals surface area contributed by atoms with E-state index in [1.54, 1.807) is 0 Å². The van der Waals surface area contributed by atoms with Gasteiger partial charge in [-0.15, -0.1) is 0 Å². The zero-order chi connectivity index (χ0) is 17.3. The van der Waals surface area contributed by atoms with Crippen LogP contribution in [0, 0.1) is 0 Å². The van der Waals surface area contributed by atoms with Crippen LogP contribution >= 0.6 is 0 Å². The van der Waals surface area contributed by atoms with Gasteiger partial charge in [-0.05, 0) is 34.1 Å². The number of rotatable bonds is 4. The lowest BCUT2D eigenvalue weighted by molar-refractivity contribution is 0.571. The van der Waals surface area contributed by atoms with E-state index in [0.717, 1.165) is 0 Å². The molecule has 1 aliphatic heterocycles. The minimum atomic E-state index is 0.0242. The van der Waals surface area contributed by atoms with Crippen molar-refractivity contribution < 1.29 is 0 Å². The Bertz CT molecular complexity index is 712. The lowest BCUT2D eigenvalue weighted by Crippen LogP contribution is -2.30. The van der Waals surface area contributed by atoms with Gasteiger partial charge < -0.3 is 11.1 Å². The Morgan fingerprint density at radius 1 is 0.792 bits per heavy atom. The Hall–Kier alpha value is -2.29. The standard InChI is InChI=1S/C21H27N3/c1-13(2)15-5-9-17(10-6-15)19-20(24-21(22)23-19)18-11-7-16(8-12-18)14(3)4/h5-14,19-20H,1-4H3,(H3,22,23,24)/t19-,20-/m1/s1. The van der Waals surface area contributed by atoms with Gasteiger partial charge in [-0.3, -0.25) is 0 Å². The van der Waals surface area contributed by atoms with Crippen molar-refractivity contribution in [3.05, 3.63) is 70.8 Å². The SMILES string of the molecule is CC(C)c1ccc([C@H]2N=C(N)N[C@@H]2c2ccc(C(C)C)cc2)cc1. The quantitative estimate of drug-likeness (QED) is 0.862. The van der Waals surface area contributed by atoms with Crippen LogP contribution in [0.25, 0.3) is 0 Å². The monoisotopic (exact) mass is 321 g/mol. The molecule has 0 bridgehead atoms. The predicted octanol–water partition coefficient (Wildman–Crippen LogP) is 4.63. The lowest BCUT2D eigenvalue weighted by Gasteiger charge is -2.20. The Balaban J connectivity index is 1.88. The molecule has 0 aliphatic carbocycles. The highest BCUT2D eigenvalue weighted by molar-refractivity contribution is 5.81. The number of aliphatic imine (C=N–C) groups is 1. The van der Waals surface area contributed by atoms with Crippen molar-refractivity contribution in [3.63, 3.8) is 0 Å². The van der Waals surface area contributed by atoms with E-state index in [4.69, 9.17) is 5.73 Å². The van der Waals surface area contributed by atoms with Gasteiger partial charge >= 0.3 is 0 Å². The third kappa shape index (κ3) is 3.30. The minimum Gasteiger partial charge on any atom is -0.370 e. The Kier molecular flexibility index (Phi) is 4.61. The van der Waals surface area contributed by atoms with Crippen molar-refractivity contribution >= 4 is 5.96 Å². The van der Waals surface area contributed by atoms with Crippen LogP contribution in [0.3, 0.4) is 0 Å². The largest absolute Gasteiger partial charge is 0.370 e. The third-order valence-corrected chi connectivity index (χ3v) is 4.80. The molecule has 3 heteroatoms. The number of nitrogens with one attached hydrogen (secondary N) is 1. The maximum absolute atomic E-state index is 5.99. The zero-order valence-electron chi connectivity index (χ0n) is 15.0. The molecule has 0 aromatic heterocycles. The molecule has 0 saturated carbocycles. The molecule has 0 radical (unpaired) electrons. The van der Waals surface area contributed by atoms with Gasteiger partial charge in [0.05, 0.1) is 6.04 Å². The number of guanidine groups is 1. The van der Waals surface area contributed by atoms with Crippen LogP contribution in [-0.2, 0) is 0 Å². The first kappa shape index (κ1) is 16.6. The number of hydrogen-bond donors (Lipinski definition) is 2. The van der Waals surface area contributed by atoms with Gasteiger partial charge in [0.25, 0.3) is 0 Å². The highest BCUT2D eigenvalue weighted by Crippen LogP contribution is 2.36. The Labute approximate surface area is 145 Å². The summed E-state index contributed by atoms with van der Waals surface area (Å²) < 4.78 is 0. The Morgan fingerprint density at radius 2 is 1.25 bits per heavy atom. The number of hydrogen-bond acceptors (Lipinski definition) is 3. The first-order valence-electron chi connectivity index (χ1n) is 8.75. The van der Waals surface area contributed by atoms with Crippen LogP contribution in [0.2, 0.25) is 0 Å². The second kappa shape index (κ2) is 6.68. The van der Waals surface area contributed by atoms with E-state index in [1.807, 2.05) is 0 Å². The molecule has 0 saturated heterocycles. The molecular weight excluding hydrogens is 294 g/mol. The van der Waals surface area contributed by atoms with Crippen molar-refractivity contribution in [1.29, 1.82) is 0 Å². The molecule has 1 aliphatic rings. The summed E-state index contributed by atoms with van der Waals surface area (Å²) in [6.45, 7) is 8.84. The number of nitrogens with zero attached hydrogens (tertiary/aromatic N) is 1. The second-order valence-corrected chi connectivity index (χ2v) is 7.22. The van der Waals surface area contributed by atoms with Crippen LogP contribution in [-0.4, -0.2) is 5.96 Å². The molecule has 3 rings (SSSR count). The maximum atomic E-state index is 5.99. The predicted molar refractivity (Wildman–Crippen MR) is 101 cm³/mol. The molecule has 0 spiro atoms. The minimum absolute atomic E-state index is 0.0242. The summed E-state index contributed by atoms with van der Waals surface area (Å²) in [5, 5.41) is 3.33. The summed E-state index contributed by atoms with van der Waals surface area (Å²) in [6.07, 6.45) is 0. The van der Waals surface area contributed by atoms with E-state index in [-0.39, 0.29) is 12.1 Å². The fourth-order valence-corrected chi connectivity index (χ4v) is 3.20. The van der Waals surface area contributed by atoms with Crippen LogP contribution < -0.4 is 11.1 Å². The van der Waals surface area contributed by atoms with Crippen LogP contribution in [0.15, 0.2) is 53.5 Å². The van der Waals surface area contributed by atoms with E-state index in [2.05, 4.69) is 86.5 Å². The first-order chi connectivity index (χ1) is 11.5. The molecule has 0 amide bonds. The molecule has 126 valence electrons. The molecule has 2 aromatic rings. The average Bonchev–Trinajstić information content (AvgIpc) is 2.97. The normalized spacial score (nSPS) is 20.3. The first-order valence-corrected chi connectivity index (χ1v) is 8.75. The van der Waals surface area contributed by atoms with Crippen LogP contribution in [0.1, 0.15) is 73.9 Å². The van der Waals surface area contributed by atoms with Gasteiger partial charge in [-0.1, -0.05) is 76.2 Å². The number of nitrogens with two attached hydrogens (primary N) is 1. The highest BCUT2D eigenvalue weighted by atomic mass is 15.2. The van der Waals surface area contributed by atoms with Crippen molar-refractivity contribution in [2.75, 3.05) is 0 Å². The summed E-state index contributed by atoms with van der Waals surface area (Å²) in [5.41, 5.74) is 11.1. The van der Waals surface area contributed by atoms with E-state index < -0.39 is 0 Å². The average molecular weight is 321 g/mol. The van der Waals surface area contributed by atoms with E-state index in [1.165, 1.54) is 22.3 Å². The van der Waals surface area contributed by atoms with Crippen LogP contribution in [0.4, 0.5) is 0 Å². The van der Waals surface area contributed by atoms with Gasteiger partial charge in [0.15, 0.2) is 5.96 Å².